The molecule has 6 rings (SSSR count). The van der Waals surface area contributed by atoms with E-state index in [-0.39, 0.29) is 165 Å². The van der Waals surface area contributed by atoms with Crippen molar-refractivity contribution in [3.05, 3.63) is 178 Å². The number of thioether (sulfide) groups is 6. The number of methoxy groups -OCH3 is 1. The van der Waals surface area contributed by atoms with Crippen LogP contribution in [0.4, 0.5) is 0 Å². The molecule has 0 aliphatic carbocycles. The first-order chi connectivity index (χ1) is 64.3. The number of carbonyl (C=O) groups excluding carboxylic acids is 4. The zero-order valence-electron chi connectivity index (χ0n) is 87.5. The second kappa shape index (κ2) is 57.9. The van der Waals surface area contributed by atoms with Crippen molar-refractivity contribution in [3.63, 3.8) is 0 Å². The van der Waals surface area contributed by atoms with E-state index in [1.165, 1.54) is 42.4 Å². The van der Waals surface area contributed by atoms with E-state index in [1.54, 1.807) is 35.3 Å². The first-order valence-electron chi connectivity index (χ1n) is 48.5. The zero-order valence-corrected chi connectivity index (χ0v) is 92.4. The van der Waals surface area contributed by atoms with Gasteiger partial charge in [-0.25, -0.2) is 56.2 Å². The highest BCUT2D eigenvalue weighted by molar-refractivity contribution is 8.00. The first-order valence-corrected chi connectivity index (χ1v) is 55.4. The number of aliphatic hydroxyl groups is 3. The number of hydrogen-bond acceptors (Lipinski definition) is 27. The molecule has 0 aliphatic heterocycles. The summed E-state index contributed by atoms with van der Waals surface area (Å²) in [5.41, 5.74) is 5.15. The normalized spacial score (nSPS) is 12.3. The summed E-state index contributed by atoms with van der Waals surface area (Å²) >= 11 is 9.27. The molecule has 0 amide bonds. The average Bonchev–Trinajstić information content (AvgIpc) is 0.837. The molecule has 27 nitrogen and oxygen atoms in total. The van der Waals surface area contributed by atoms with Gasteiger partial charge in [-0.1, -0.05) is 215 Å². The number of benzene rings is 4. The summed E-state index contributed by atoms with van der Waals surface area (Å²) in [7, 11) is 1.40. The number of phenolic OH excluding ortho intramolecular Hbond substituents is 4. The Kier molecular flexibility index (Phi) is 51.6. The van der Waals surface area contributed by atoms with Crippen LogP contribution in [0.25, 0.3) is 0 Å². The molecule has 0 unspecified atom stereocenters. The Morgan fingerprint density at radius 2 is 0.406 bits per heavy atom. The molecule has 2 heterocycles. The van der Waals surface area contributed by atoms with Crippen molar-refractivity contribution in [1.29, 1.82) is 0 Å². The smallest absolute Gasteiger partial charge is 0.336 e. The van der Waals surface area contributed by atoms with E-state index in [0.717, 1.165) is 94.2 Å². The van der Waals surface area contributed by atoms with Crippen LogP contribution in [-0.4, -0.2) is 203 Å². The van der Waals surface area contributed by atoms with Gasteiger partial charge in [0.2, 0.25) is 0 Å². The Hall–Kier alpha value is -7.24. The van der Waals surface area contributed by atoms with Crippen LogP contribution in [0.2, 0.25) is 0 Å². The molecule has 6 aromatic rings. The second-order valence-electron chi connectivity index (χ2n) is 43.0. The summed E-state index contributed by atoms with van der Waals surface area (Å²) in [5, 5.41) is 70.5. The van der Waals surface area contributed by atoms with Gasteiger partial charge in [-0.2, -0.15) is 70.6 Å². The molecule has 33 heteroatoms. The minimum atomic E-state index is -0.666. The van der Waals surface area contributed by atoms with Gasteiger partial charge in [0, 0.05) is 99.5 Å². The number of carbonyl (C=O) groups is 4. The van der Waals surface area contributed by atoms with E-state index in [0.29, 0.717) is 163 Å². The van der Waals surface area contributed by atoms with Crippen molar-refractivity contribution in [2.75, 3.05) is 116 Å². The molecule has 0 radical (unpaired) electrons. The lowest BCUT2D eigenvalue weighted by Crippen LogP contribution is -2.54. The molecule has 2 aromatic heterocycles. The molecule has 0 aliphatic rings. The maximum absolute atomic E-state index is 13.9. The third-order valence-electron chi connectivity index (χ3n) is 22.8. The Balaban J connectivity index is 0.000000627. The number of rotatable bonds is 51. The van der Waals surface area contributed by atoms with Crippen LogP contribution in [0.3, 0.4) is 0 Å². The molecule has 0 fully saturated rings. The van der Waals surface area contributed by atoms with Crippen LogP contribution in [-0.2, 0) is 146 Å². The summed E-state index contributed by atoms with van der Waals surface area (Å²) in [4.78, 5) is 130. The highest BCUT2D eigenvalue weighted by Crippen LogP contribution is 2.45. The van der Waals surface area contributed by atoms with Crippen LogP contribution in [0.1, 0.15) is 297 Å². The van der Waals surface area contributed by atoms with Crippen molar-refractivity contribution < 1.29 is 73.9 Å². The number of esters is 4. The van der Waals surface area contributed by atoms with E-state index in [4.69, 9.17) is 34.3 Å². The van der Waals surface area contributed by atoms with Gasteiger partial charge in [-0.05, 0) is 209 Å². The van der Waals surface area contributed by atoms with Gasteiger partial charge in [0.05, 0.1) is 26.9 Å². The number of nitrogens with zero attached hydrogens (tertiary/aromatic N) is 6. The van der Waals surface area contributed by atoms with Gasteiger partial charge in [0.25, 0.3) is 0 Å². The fraction of sp³-hybridized carbons (Fsp3) is 0.676. The standard InChI is InChI=1S/C69H105N3O12S3.C18H33N3O6S3.C18H28O3/c1-64(2,3)49-40-46(41-50(58(49)76)65(4,5)6)22-25-55(73)82-31-37-85-34-19-28-70-61(79)71(29-20-35-86-38-32-83-56(74)26-23-47-42-51(66(7,8)9)59(77)52(43-47)67(10,11)12)63(81)72(62(70)80)30-21-36-87-39-33-84-57(75)27-24-48-44-53(68(13,14)15)60(78)54(45-48)69(16,17)18;22-7-13-28-10-1-4-19-16(25)20(5-2-11-29-14-8-23)18(27)21(17(19)26)6-3-12-30-15-9-24;1-17(2,3)13-10-12(8-9-15(19)21-7)11-14(16(13)20)18(4,5)6/h40-45,76-78H,19-39H2,1-18H3;22-24H,1-15H2;10-11,20H,8-9H2,1-7H3. The molecule has 0 spiro atoms. The fourth-order valence-corrected chi connectivity index (χ4v) is 19.4. The van der Waals surface area contributed by atoms with Crippen LogP contribution >= 0.6 is 70.6 Å². The maximum atomic E-state index is 13.9. The largest absolute Gasteiger partial charge is 0.507 e. The van der Waals surface area contributed by atoms with Crippen molar-refractivity contribution in [3.8, 4) is 23.0 Å². The Morgan fingerprint density at radius 3 is 0.551 bits per heavy atom. The van der Waals surface area contributed by atoms with Crippen molar-refractivity contribution in [2.24, 2.45) is 0 Å². The maximum Gasteiger partial charge on any atom is 0.336 e. The number of phenols is 4. The highest BCUT2D eigenvalue weighted by Gasteiger charge is 2.33. The zero-order chi connectivity index (χ0) is 104. The van der Waals surface area contributed by atoms with E-state index in [1.807, 2.05) is 48.5 Å². The molecular weight excluding hydrogens is 1870 g/mol. The van der Waals surface area contributed by atoms with Crippen LogP contribution in [0, 0.1) is 0 Å². The molecule has 0 saturated heterocycles. The molecule has 138 heavy (non-hydrogen) atoms. The highest BCUT2D eigenvalue weighted by atomic mass is 32.2. The number of aryl methyl sites for hydroxylation is 4. The van der Waals surface area contributed by atoms with Gasteiger partial charge in [-0.15, -0.1) is 0 Å². The third kappa shape index (κ3) is 41.2. The van der Waals surface area contributed by atoms with Gasteiger partial charge in [-0.3, -0.25) is 19.2 Å². The van der Waals surface area contributed by atoms with E-state index in [9.17, 15) is 68.4 Å². The average molecular weight is 2040 g/mol. The molecule has 0 bridgehead atoms. The number of aromatic hydroxyl groups is 4. The quantitative estimate of drug-likeness (QED) is 0.0106. The van der Waals surface area contributed by atoms with E-state index >= 15 is 0 Å². The summed E-state index contributed by atoms with van der Waals surface area (Å²) in [6.45, 7) is 51.3. The van der Waals surface area contributed by atoms with Crippen LogP contribution < -0.4 is 34.1 Å². The molecule has 0 saturated carbocycles. The Labute approximate surface area is 845 Å². The molecule has 4 aromatic carbocycles. The second-order valence-corrected chi connectivity index (χ2v) is 50.3. The van der Waals surface area contributed by atoms with Crippen molar-refractivity contribution >= 4 is 94.4 Å². The summed E-state index contributed by atoms with van der Waals surface area (Å²) < 4.78 is 28.3. The van der Waals surface area contributed by atoms with Crippen LogP contribution in [0.5, 0.6) is 23.0 Å². The lowest BCUT2D eigenvalue weighted by molar-refractivity contribution is -0.143. The van der Waals surface area contributed by atoms with Crippen LogP contribution in [0.15, 0.2) is 77.3 Å². The van der Waals surface area contributed by atoms with E-state index < -0.39 is 34.1 Å². The predicted molar refractivity (Wildman–Crippen MR) is 572 cm³/mol. The number of aliphatic hydroxyl groups excluding tert-OH is 3. The van der Waals surface area contributed by atoms with Gasteiger partial charge < -0.3 is 54.7 Å². The third-order valence-corrected chi connectivity index (χ3v) is 29.1. The minimum Gasteiger partial charge on any atom is -0.507 e. The van der Waals surface area contributed by atoms with Crippen molar-refractivity contribution in [2.45, 2.75) is 339 Å². The lowest BCUT2D eigenvalue weighted by atomic mass is 9.78. The molecule has 778 valence electrons. The van der Waals surface area contributed by atoms with Gasteiger partial charge in [0.1, 0.15) is 42.8 Å². The van der Waals surface area contributed by atoms with Gasteiger partial charge in [0.15, 0.2) is 0 Å². The number of aromatic nitrogens is 6. The summed E-state index contributed by atoms with van der Waals surface area (Å²) in [6.07, 6.45) is 6.14. The summed E-state index contributed by atoms with van der Waals surface area (Å²) in [6, 6.07) is 15.9. The summed E-state index contributed by atoms with van der Waals surface area (Å²) in [5.74, 6) is 7.33. The molecule has 7 N–H and O–H groups in total. The number of ether oxygens (including phenoxy) is 4. The number of hydrogen-bond donors (Lipinski definition) is 7. The Morgan fingerprint density at radius 1 is 0.254 bits per heavy atom. The predicted octanol–water partition coefficient (Wildman–Crippen LogP) is 16.6. The monoisotopic (exact) mass is 2040 g/mol. The van der Waals surface area contributed by atoms with E-state index in [2.05, 4.69) is 166 Å². The van der Waals surface area contributed by atoms with Gasteiger partial charge >= 0.3 is 58.0 Å². The lowest BCUT2D eigenvalue weighted by Gasteiger charge is -2.28. The van der Waals surface area contributed by atoms with Crippen molar-refractivity contribution in [1.82, 2.24) is 27.4 Å². The first kappa shape index (κ1) is 123. The minimum absolute atomic E-state index is 0.0882. The molecule has 0 atom stereocenters. The molecular formula is C105H166N6O21S6. The SMILES string of the molecule is CC(C)(C)c1cc(CCC(=O)OCCSCCCn2c(=O)n(CCCSCCOC(=O)CCc3cc(C(C)(C)C)c(O)c(C(C)(C)C)c3)c(=O)n(CCCSCCOC(=O)CCc3cc(C(C)(C)C)c(O)c(C(C)(C)C)c3)c2=O)cc(C(C)(C)C)c1O.COC(=O)CCc1cc(C(C)(C)C)c(O)c(C(C)(C)C)c1.O=c1n(CCCSCCO)c(=O)n(CCCSCCO)c(=O)n1CCCSCCO. The fourth-order valence-electron chi connectivity index (χ4n) is 15.1. The Bertz CT molecular complexity index is 4630. The topological polar surface area (TPSA) is 379 Å².